The minimum absolute atomic E-state index is 0.0346. The monoisotopic (exact) mass is 817 g/mol. The van der Waals surface area contributed by atoms with E-state index in [0.29, 0.717) is 5.69 Å². The molecule has 0 amide bonds. The Hall–Kier alpha value is -6.69. The van der Waals surface area contributed by atoms with Crippen molar-refractivity contribution in [1.29, 1.82) is 0 Å². The Morgan fingerprint density at radius 2 is 1.02 bits per heavy atom. The fraction of sp³-hybridized carbons (Fsp3) is 0. The van der Waals surface area contributed by atoms with Crippen molar-refractivity contribution >= 4 is 86.6 Å². The van der Waals surface area contributed by atoms with E-state index in [1.807, 2.05) is 0 Å². The maximum atomic E-state index is 12.6. The predicted molar refractivity (Wildman–Crippen MR) is 201 cm³/mol. The van der Waals surface area contributed by atoms with Gasteiger partial charge in [-0.05, 0) is 90.3 Å². The average molecular weight is 818 g/mol. The number of fused-ring (bicyclic) bond motifs is 1. The number of nitrogen functional groups attached to an aromatic ring is 2. The van der Waals surface area contributed by atoms with Gasteiger partial charge in [0.2, 0.25) is 0 Å². The van der Waals surface area contributed by atoms with Crippen LogP contribution in [0.5, 0.6) is 11.5 Å². The van der Waals surface area contributed by atoms with Crippen LogP contribution in [0.1, 0.15) is 0 Å². The zero-order valence-corrected chi connectivity index (χ0v) is 30.5. The topological polar surface area (TPSA) is 333 Å². The SMILES string of the molecule is Nc1ccc(N=Nc2ccc3cc(S(=O)(=O)[O-])c(N=Nc4ccc(-c5ccc(N=Nc6ccc(O)cc6)cc5S(=O)(=O)O)c(S(=O)(=O)O)c4)c(O)c3c2)c(N)c1. The molecule has 286 valence electrons. The van der Waals surface area contributed by atoms with Gasteiger partial charge in [0, 0.05) is 22.2 Å². The summed E-state index contributed by atoms with van der Waals surface area (Å²) in [5, 5.41) is 44.2. The number of phenols is 2. The lowest BCUT2D eigenvalue weighted by molar-refractivity contribution is 0.458. The minimum atomic E-state index is -5.31. The third kappa shape index (κ3) is 8.65. The first-order chi connectivity index (χ1) is 26.3. The van der Waals surface area contributed by atoms with Gasteiger partial charge in [-0.1, -0.05) is 18.2 Å². The average Bonchev–Trinajstić information content (AvgIpc) is 3.12. The van der Waals surface area contributed by atoms with E-state index in [1.54, 1.807) is 6.07 Å². The fourth-order valence-electron chi connectivity index (χ4n) is 5.21. The largest absolute Gasteiger partial charge is 0.744 e. The zero-order chi connectivity index (χ0) is 40.6. The number of hydrogen-bond acceptors (Lipinski definition) is 17. The molecule has 0 atom stereocenters. The Bertz CT molecular complexity index is 2990. The van der Waals surface area contributed by atoms with Crippen molar-refractivity contribution in [3.8, 4) is 22.6 Å². The number of anilines is 2. The number of aromatic hydroxyl groups is 2. The standard InChI is InChI=1S/C34H26N8O11S3/c35-19-2-12-29(28(36)14-19)41-39-21-3-1-18-13-32(56(51,52)53)33(34(44)27(18)15-21)42-40-23-7-11-26(31(17-23)55(48,49)50)25-10-6-22(16-30(25)54(45,46)47)38-37-20-4-8-24(43)9-5-20/h1-17,43-44H,35-36H2,(H,45,46,47)(H,48,49,50)(H,51,52,53)/p-1. The number of benzene rings is 6. The summed E-state index contributed by atoms with van der Waals surface area (Å²) < 4.78 is 107. The summed E-state index contributed by atoms with van der Waals surface area (Å²) in [6.07, 6.45) is 0. The number of rotatable bonds is 10. The Morgan fingerprint density at radius 3 is 1.57 bits per heavy atom. The van der Waals surface area contributed by atoms with Gasteiger partial charge in [-0.15, -0.1) is 10.2 Å². The van der Waals surface area contributed by atoms with Crippen LogP contribution >= 0.6 is 0 Å². The molecule has 0 aromatic heterocycles. The molecule has 6 aromatic rings. The first kappa shape index (κ1) is 39.0. The number of nitrogens with two attached hydrogens (primary N) is 2. The molecule has 22 heteroatoms. The minimum Gasteiger partial charge on any atom is -0.744 e. The summed E-state index contributed by atoms with van der Waals surface area (Å²) in [6, 6.07) is 21.1. The molecular weight excluding hydrogens is 793 g/mol. The van der Waals surface area contributed by atoms with Crippen molar-refractivity contribution in [1.82, 2.24) is 0 Å². The van der Waals surface area contributed by atoms with E-state index in [-0.39, 0.29) is 50.6 Å². The molecule has 0 aliphatic rings. The highest BCUT2D eigenvalue weighted by Gasteiger charge is 2.25. The fourth-order valence-corrected chi connectivity index (χ4v) is 7.31. The van der Waals surface area contributed by atoms with Gasteiger partial charge in [0.05, 0.1) is 33.3 Å². The summed E-state index contributed by atoms with van der Waals surface area (Å²) in [5.74, 6) is -0.857. The first-order valence-corrected chi connectivity index (χ1v) is 19.7. The Kier molecular flexibility index (Phi) is 10.4. The van der Waals surface area contributed by atoms with Crippen LogP contribution in [0, 0.1) is 0 Å². The van der Waals surface area contributed by atoms with Gasteiger partial charge in [0.15, 0.2) is 5.75 Å². The van der Waals surface area contributed by atoms with Crippen molar-refractivity contribution in [3.63, 3.8) is 0 Å². The van der Waals surface area contributed by atoms with E-state index in [1.165, 1.54) is 60.7 Å². The number of phenolic OH excluding ortho intramolecular Hbond substituents is 2. The molecule has 0 heterocycles. The second-order valence-corrected chi connectivity index (χ2v) is 15.8. The second kappa shape index (κ2) is 14.9. The molecule has 0 radical (unpaired) electrons. The highest BCUT2D eigenvalue weighted by Crippen LogP contribution is 2.43. The van der Waals surface area contributed by atoms with Crippen LogP contribution in [0.15, 0.2) is 149 Å². The van der Waals surface area contributed by atoms with Gasteiger partial charge >= 0.3 is 0 Å². The molecule has 0 bridgehead atoms. The predicted octanol–water partition coefficient (Wildman–Crippen LogP) is 7.73. The van der Waals surface area contributed by atoms with Crippen LogP contribution in [0.4, 0.5) is 45.5 Å². The van der Waals surface area contributed by atoms with E-state index in [9.17, 15) is 49.1 Å². The van der Waals surface area contributed by atoms with Crippen LogP contribution in [0.3, 0.4) is 0 Å². The summed E-state index contributed by atoms with van der Waals surface area (Å²) in [4.78, 5) is -2.73. The third-order valence-electron chi connectivity index (χ3n) is 7.80. The highest BCUT2D eigenvalue weighted by atomic mass is 32.2. The van der Waals surface area contributed by atoms with Gasteiger partial charge in [0.25, 0.3) is 20.2 Å². The smallest absolute Gasteiger partial charge is 0.295 e. The molecule has 0 aliphatic carbocycles. The molecular formula is C34H25N8O11S3-. The zero-order valence-electron chi connectivity index (χ0n) is 28.0. The molecule has 0 unspecified atom stereocenters. The molecule has 8 N–H and O–H groups in total. The van der Waals surface area contributed by atoms with E-state index < -0.39 is 67.6 Å². The van der Waals surface area contributed by atoms with Crippen molar-refractivity contribution in [3.05, 3.63) is 103 Å². The van der Waals surface area contributed by atoms with E-state index in [4.69, 9.17) is 11.5 Å². The van der Waals surface area contributed by atoms with Gasteiger partial charge in [0.1, 0.15) is 37.0 Å². The lowest BCUT2D eigenvalue weighted by Gasteiger charge is -2.14. The number of azo groups is 3. The summed E-state index contributed by atoms with van der Waals surface area (Å²) in [5.41, 5.74) is 10.8. The molecule has 6 aromatic carbocycles. The molecule has 0 fully saturated rings. The van der Waals surface area contributed by atoms with E-state index in [2.05, 4.69) is 30.7 Å². The van der Waals surface area contributed by atoms with Gasteiger partial charge in [-0.3, -0.25) is 9.11 Å². The Balaban J connectivity index is 1.41. The van der Waals surface area contributed by atoms with Crippen LogP contribution in [-0.2, 0) is 30.4 Å². The van der Waals surface area contributed by atoms with Crippen molar-refractivity contribution < 1.29 is 49.1 Å². The maximum absolute atomic E-state index is 12.6. The summed E-state index contributed by atoms with van der Waals surface area (Å²) in [7, 11) is -15.6. The second-order valence-electron chi connectivity index (χ2n) is 11.7. The molecule has 0 saturated carbocycles. The first-order valence-electron chi connectivity index (χ1n) is 15.5. The van der Waals surface area contributed by atoms with Gasteiger partial charge in [-0.2, -0.15) is 37.3 Å². The normalized spacial score (nSPS) is 12.7. The van der Waals surface area contributed by atoms with Crippen molar-refractivity contribution in [2.24, 2.45) is 30.7 Å². The van der Waals surface area contributed by atoms with Crippen LogP contribution in [-0.4, -0.2) is 49.1 Å². The van der Waals surface area contributed by atoms with Crippen molar-refractivity contribution in [2.45, 2.75) is 14.7 Å². The quantitative estimate of drug-likeness (QED) is 0.0438. The Morgan fingerprint density at radius 1 is 0.518 bits per heavy atom. The third-order valence-corrected chi connectivity index (χ3v) is 10.4. The molecule has 56 heavy (non-hydrogen) atoms. The lowest BCUT2D eigenvalue weighted by atomic mass is 10.0. The molecule has 0 spiro atoms. The number of nitrogens with zero attached hydrogens (tertiary/aromatic N) is 6. The summed E-state index contributed by atoms with van der Waals surface area (Å²) >= 11 is 0. The van der Waals surface area contributed by atoms with E-state index in [0.717, 1.165) is 36.4 Å². The van der Waals surface area contributed by atoms with E-state index >= 15 is 0 Å². The van der Waals surface area contributed by atoms with Crippen LogP contribution in [0.25, 0.3) is 21.9 Å². The maximum Gasteiger partial charge on any atom is 0.295 e. The molecule has 6 rings (SSSR count). The molecule has 0 saturated heterocycles. The van der Waals surface area contributed by atoms with Gasteiger partial charge < -0.3 is 26.2 Å². The Labute approximate surface area is 317 Å². The van der Waals surface area contributed by atoms with Gasteiger partial charge in [-0.25, -0.2) is 8.42 Å². The molecule has 0 aliphatic heterocycles. The summed E-state index contributed by atoms with van der Waals surface area (Å²) in [6.45, 7) is 0. The lowest BCUT2D eigenvalue weighted by Crippen LogP contribution is -2.05. The van der Waals surface area contributed by atoms with Crippen LogP contribution < -0.4 is 11.5 Å². The molecule has 19 nitrogen and oxygen atoms in total. The van der Waals surface area contributed by atoms with Crippen LogP contribution in [0.2, 0.25) is 0 Å². The van der Waals surface area contributed by atoms with Crippen molar-refractivity contribution in [2.75, 3.05) is 11.5 Å². The highest BCUT2D eigenvalue weighted by molar-refractivity contribution is 7.86. The number of hydrogen-bond donors (Lipinski definition) is 6.